The fourth-order valence-electron chi connectivity index (χ4n) is 2.55. The van der Waals surface area contributed by atoms with E-state index in [1.807, 2.05) is 50.1 Å². The number of halogens is 1. The Morgan fingerprint density at radius 1 is 1.04 bits per heavy atom. The Morgan fingerprint density at radius 3 is 2.50 bits per heavy atom. The standard InChI is InChI=1S/C20H24ClN3O2/c1-14-7-4-5-8-16(14)12-24(3)13-20(26)22-11-19(25)23-18-10-6-9-17(21)15(18)2/h4-10H,11-13H2,1-3H3,(H,22,26)(H,23,25). The topological polar surface area (TPSA) is 61.4 Å². The molecule has 2 N–H and O–H groups in total. The first-order valence-electron chi connectivity index (χ1n) is 8.41. The van der Waals surface area contributed by atoms with E-state index in [0.717, 1.165) is 5.56 Å². The zero-order chi connectivity index (χ0) is 19.1. The van der Waals surface area contributed by atoms with Crippen molar-refractivity contribution in [3.63, 3.8) is 0 Å². The quantitative estimate of drug-likeness (QED) is 0.783. The Kier molecular flexibility index (Phi) is 7.18. The van der Waals surface area contributed by atoms with E-state index in [0.29, 0.717) is 17.3 Å². The van der Waals surface area contributed by atoms with Gasteiger partial charge in [-0.3, -0.25) is 14.5 Å². The number of anilines is 1. The smallest absolute Gasteiger partial charge is 0.243 e. The lowest BCUT2D eigenvalue weighted by atomic mass is 10.1. The first kappa shape index (κ1) is 19.9. The fourth-order valence-corrected chi connectivity index (χ4v) is 2.73. The summed E-state index contributed by atoms with van der Waals surface area (Å²) in [4.78, 5) is 26.0. The van der Waals surface area contributed by atoms with Crippen LogP contribution in [0.25, 0.3) is 0 Å². The number of amides is 2. The summed E-state index contributed by atoms with van der Waals surface area (Å²) in [6, 6.07) is 13.4. The first-order valence-corrected chi connectivity index (χ1v) is 8.79. The molecule has 0 saturated heterocycles. The number of likely N-dealkylation sites (N-methyl/N-ethyl adjacent to an activating group) is 1. The predicted molar refractivity (Wildman–Crippen MR) is 105 cm³/mol. The van der Waals surface area contributed by atoms with Crippen LogP contribution >= 0.6 is 11.6 Å². The van der Waals surface area contributed by atoms with E-state index in [9.17, 15) is 9.59 Å². The highest BCUT2D eigenvalue weighted by molar-refractivity contribution is 6.31. The number of hydrogen-bond donors (Lipinski definition) is 2. The zero-order valence-corrected chi connectivity index (χ0v) is 16.1. The minimum absolute atomic E-state index is 0.0804. The van der Waals surface area contributed by atoms with Crippen LogP contribution in [0, 0.1) is 13.8 Å². The summed E-state index contributed by atoms with van der Waals surface area (Å²) < 4.78 is 0. The number of rotatable bonds is 7. The van der Waals surface area contributed by atoms with Crippen LogP contribution in [0.4, 0.5) is 5.69 Å². The van der Waals surface area contributed by atoms with Crippen molar-refractivity contribution in [1.29, 1.82) is 0 Å². The second kappa shape index (κ2) is 9.36. The number of carbonyl (C=O) groups excluding carboxylic acids is 2. The lowest BCUT2D eigenvalue weighted by molar-refractivity contribution is -0.124. The van der Waals surface area contributed by atoms with Crippen LogP contribution in [-0.4, -0.2) is 36.9 Å². The Morgan fingerprint density at radius 2 is 1.77 bits per heavy atom. The van der Waals surface area contributed by atoms with Crippen molar-refractivity contribution in [3.8, 4) is 0 Å². The molecule has 0 radical (unpaired) electrons. The van der Waals surface area contributed by atoms with Gasteiger partial charge in [0, 0.05) is 17.3 Å². The third-order valence-electron chi connectivity index (χ3n) is 4.10. The fraction of sp³-hybridized carbons (Fsp3) is 0.300. The second-order valence-electron chi connectivity index (χ2n) is 6.34. The lowest BCUT2D eigenvalue weighted by Crippen LogP contribution is -2.39. The molecule has 0 aromatic heterocycles. The maximum Gasteiger partial charge on any atom is 0.243 e. The average Bonchev–Trinajstić information content (AvgIpc) is 2.59. The molecule has 0 heterocycles. The van der Waals surface area contributed by atoms with Gasteiger partial charge < -0.3 is 10.6 Å². The van der Waals surface area contributed by atoms with Crippen LogP contribution in [-0.2, 0) is 16.1 Å². The second-order valence-corrected chi connectivity index (χ2v) is 6.74. The van der Waals surface area contributed by atoms with Crippen LogP contribution in [0.15, 0.2) is 42.5 Å². The molecule has 0 atom stereocenters. The van der Waals surface area contributed by atoms with E-state index < -0.39 is 0 Å². The highest BCUT2D eigenvalue weighted by atomic mass is 35.5. The third-order valence-corrected chi connectivity index (χ3v) is 4.51. The summed E-state index contributed by atoms with van der Waals surface area (Å²) >= 11 is 6.03. The Labute approximate surface area is 159 Å². The molecule has 0 aliphatic heterocycles. The molecule has 2 amide bonds. The van der Waals surface area contributed by atoms with Crippen molar-refractivity contribution in [2.24, 2.45) is 0 Å². The number of benzene rings is 2. The van der Waals surface area contributed by atoms with Gasteiger partial charge in [0.15, 0.2) is 0 Å². The van der Waals surface area contributed by atoms with Crippen molar-refractivity contribution in [3.05, 3.63) is 64.2 Å². The SMILES string of the molecule is Cc1ccccc1CN(C)CC(=O)NCC(=O)Nc1cccc(Cl)c1C. The lowest BCUT2D eigenvalue weighted by Gasteiger charge is -2.17. The molecule has 0 aliphatic carbocycles. The van der Waals surface area contributed by atoms with Crippen LogP contribution in [0.2, 0.25) is 5.02 Å². The minimum atomic E-state index is -0.287. The largest absolute Gasteiger partial charge is 0.346 e. The molecule has 2 rings (SSSR count). The predicted octanol–water partition coefficient (Wildman–Crippen LogP) is 3.14. The van der Waals surface area contributed by atoms with E-state index in [4.69, 9.17) is 11.6 Å². The molecule has 0 aliphatic rings. The van der Waals surface area contributed by atoms with Crippen molar-refractivity contribution in [2.75, 3.05) is 25.5 Å². The van der Waals surface area contributed by atoms with Crippen molar-refractivity contribution >= 4 is 29.1 Å². The van der Waals surface area contributed by atoms with Crippen molar-refractivity contribution in [2.45, 2.75) is 20.4 Å². The molecule has 26 heavy (non-hydrogen) atoms. The number of hydrogen-bond acceptors (Lipinski definition) is 3. The van der Waals surface area contributed by atoms with Gasteiger partial charge >= 0.3 is 0 Å². The Balaban J connectivity index is 1.78. The average molecular weight is 374 g/mol. The minimum Gasteiger partial charge on any atom is -0.346 e. The zero-order valence-electron chi connectivity index (χ0n) is 15.3. The molecule has 5 nitrogen and oxygen atoms in total. The van der Waals surface area contributed by atoms with Crippen molar-refractivity contribution < 1.29 is 9.59 Å². The number of nitrogens with one attached hydrogen (secondary N) is 2. The van der Waals surface area contributed by atoms with E-state index in [1.165, 1.54) is 11.1 Å². The third kappa shape index (κ3) is 5.86. The molecule has 0 spiro atoms. The van der Waals surface area contributed by atoms with Gasteiger partial charge in [0.05, 0.1) is 13.1 Å². The maximum absolute atomic E-state index is 12.1. The molecule has 138 valence electrons. The highest BCUT2D eigenvalue weighted by Gasteiger charge is 2.11. The summed E-state index contributed by atoms with van der Waals surface area (Å²) in [5, 5.41) is 5.99. The number of aryl methyl sites for hydroxylation is 1. The van der Waals surface area contributed by atoms with Gasteiger partial charge in [-0.25, -0.2) is 0 Å². The van der Waals surface area contributed by atoms with Crippen LogP contribution < -0.4 is 10.6 Å². The van der Waals surface area contributed by atoms with Crippen LogP contribution in [0.3, 0.4) is 0 Å². The molecule has 0 saturated carbocycles. The molecular weight excluding hydrogens is 350 g/mol. The molecule has 2 aromatic rings. The van der Waals surface area contributed by atoms with Crippen LogP contribution in [0.5, 0.6) is 0 Å². The Hall–Kier alpha value is -2.37. The monoisotopic (exact) mass is 373 g/mol. The molecule has 0 unspecified atom stereocenters. The maximum atomic E-state index is 12.1. The summed E-state index contributed by atoms with van der Waals surface area (Å²) in [7, 11) is 1.88. The first-order chi connectivity index (χ1) is 12.4. The summed E-state index contributed by atoms with van der Waals surface area (Å²) in [6.07, 6.45) is 0. The van der Waals surface area contributed by atoms with Gasteiger partial charge in [-0.05, 0) is 49.7 Å². The van der Waals surface area contributed by atoms with E-state index in [-0.39, 0.29) is 24.9 Å². The van der Waals surface area contributed by atoms with E-state index >= 15 is 0 Å². The molecule has 2 aromatic carbocycles. The van der Waals surface area contributed by atoms with Gasteiger partial charge in [-0.15, -0.1) is 0 Å². The molecule has 0 bridgehead atoms. The molecule has 0 fully saturated rings. The van der Waals surface area contributed by atoms with Crippen LogP contribution in [0.1, 0.15) is 16.7 Å². The highest BCUT2D eigenvalue weighted by Crippen LogP contribution is 2.22. The van der Waals surface area contributed by atoms with E-state index in [1.54, 1.807) is 18.2 Å². The Bertz CT molecular complexity index is 792. The molecular formula is C20H24ClN3O2. The van der Waals surface area contributed by atoms with Gasteiger partial charge in [0.1, 0.15) is 0 Å². The number of nitrogens with zero attached hydrogens (tertiary/aromatic N) is 1. The van der Waals surface area contributed by atoms with Crippen molar-refractivity contribution in [1.82, 2.24) is 10.2 Å². The normalized spacial score (nSPS) is 10.7. The van der Waals surface area contributed by atoms with Gasteiger partial charge in [0.2, 0.25) is 11.8 Å². The van der Waals surface area contributed by atoms with E-state index in [2.05, 4.69) is 10.6 Å². The summed E-state index contributed by atoms with van der Waals surface area (Å²) in [5.41, 5.74) is 3.81. The van der Waals surface area contributed by atoms with Gasteiger partial charge in [0.25, 0.3) is 0 Å². The van der Waals surface area contributed by atoms with Gasteiger partial charge in [-0.1, -0.05) is 41.9 Å². The number of carbonyl (C=O) groups is 2. The summed E-state index contributed by atoms with van der Waals surface area (Å²) in [5.74, 6) is -0.482. The van der Waals surface area contributed by atoms with Gasteiger partial charge in [-0.2, -0.15) is 0 Å². The summed E-state index contributed by atoms with van der Waals surface area (Å²) in [6.45, 7) is 4.69. The molecule has 6 heteroatoms.